The summed E-state index contributed by atoms with van der Waals surface area (Å²) in [6, 6.07) is -3.24. The van der Waals surface area contributed by atoms with Gasteiger partial charge >= 0.3 is 6.03 Å². The van der Waals surface area contributed by atoms with Crippen molar-refractivity contribution in [3.05, 3.63) is 0 Å². The minimum atomic E-state index is -1.56. The number of nitrogens with one attached hydrogen (secondary N) is 5. The number of nitrogens with zero attached hydrogens (tertiary/aromatic N) is 1. The lowest BCUT2D eigenvalue weighted by Crippen LogP contribution is -2.62. The normalized spacial score (nSPS) is 27.2. The van der Waals surface area contributed by atoms with Gasteiger partial charge in [0.1, 0.15) is 12.1 Å². The predicted molar refractivity (Wildman–Crippen MR) is 153 cm³/mol. The maximum Gasteiger partial charge on any atom is 0.315 e. The number of fused-ring (bicyclic) bond motifs is 1. The van der Waals surface area contributed by atoms with Crippen LogP contribution in [-0.2, 0) is 19.2 Å². The largest absolute Gasteiger partial charge is 0.381 e. The van der Waals surface area contributed by atoms with Gasteiger partial charge in [-0.25, -0.2) is 4.79 Å². The summed E-state index contributed by atoms with van der Waals surface area (Å²) in [6.07, 6.45) is -0.937. The van der Waals surface area contributed by atoms with E-state index < -0.39 is 58.9 Å². The monoisotopic (exact) mass is 578 g/mol. The van der Waals surface area contributed by atoms with Gasteiger partial charge < -0.3 is 36.6 Å². The van der Waals surface area contributed by atoms with Crippen LogP contribution in [0.5, 0.6) is 0 Å². The molecule has 2 heterocycles. The molecule has 0 spiro atoms. The fourth-order valence-corrected chi connectivity index (χ4v) is 6.31. The Morgan fingerprint density at radius 2 is 1.73 bits per heavy atom. The molecule has 0 bridgehead atoms. The maximum absolute atomic E-state index is 14.1. The number of likely N-dealkylation sites (tertiary alicyclic amines) is 1. The van der Waals surface area contributed by atoms with Crippen LogP contribution >= 0.6 is 0 Å². The molecular weight excluding hydrogens is 528 g/mol. The first-order valence-corrected chi connectivity index (χ1v) is 14.7. The molecule has 12 heteroatoms. The molecule has 232 valence electrons. The van der Waals surface area contributed by atoms with Crippen molar-refractivity contribution in [1.29, 1.82) is 0 Å². The third kappa shape index (κ3) is 7.31. The van der Waals surface area contributed by atoms with Gasteiger partial charge in [-0.3, -0.25) is 19.2 Å². The molecule has 0 aromatic carbocycles. The molecule has 0 aromatic rings. The Morgan fingerprint density at radius 3 is 2.24 bits per heavy atom. The summed E-state index contributed by atoms with van der Waals surface area (Å²) in [5, 5.41) is 24.7. The lowest BCUT2D eigenvalue weighted by atomic mass is 9.85. The molecule has 0 radical (unpaired) electrons. The average molecular weight is 579 g/mol. The summed E-state index contributed by atoms with van der Waals surface area (Å²) in [5.74, 6) is -2.13. The Labute approximate surface area is 243 Å². The molecule has 3 rings (SSSR count). The van der Waals surface area contributed by atoms with E-state index in [4.69, 9.17) is 0 Å². The second-order valence-electron chi connectivity index (χ2n) is 14.5. The van der Waals surface area contributed by atoms with Crippen molar-refractivity contribution in [3.63, 3.8) is 0 Å². The molecule has 3 fully saturated rings. The van der Waals surface area contributed by atoms with Gasteiger partial charge in [-0.15, -0.1) is 0 Å². The third-order valence-electron chi connectivity index (χ3n) is 8.67. The standard InChI is InChI=1S/C29H50N6O6/c1-10-30-24(39)20(36)17(13-15-11-12-31-22(15)37)32-23(38)19-18-16(29(18,8)9)14-35(19)25(40)21(27(2,3)4)33-26(41)34-28(5,6)7/h15-21,36H,10-14H2,1-9H3,(H,30,39)(H,31,37)(H,32,38)(H2,33,34,41)/t15-,16-,17?,18-,19-,20?,21?/m0/s1. The lowest BCUT2D eigenvalue weighted by Gasteiger charge is -2.38. The van der Waals surface area contributed by atoms with Gasteiger partial charge in [-0.2, -0.15) is 0 Å². The maximum atomic E-state index is 14.1. The molecule has 1 saturated carbocycles. The average Bonchev–Trinajstić information content (AvgIpc) is 3.17. The molecule has 6 amide bonds. The van der Waals surface area contributed by atoms with Gasteiger partial charge in [0, 0.05) is 31.1 Å². The highest BCUT2D eigenvalue weighted by molar-refractivity contribution is 5.94. The second-order valence-corrected chi connectivity index (χ2v) is 14.5. The Bertz CT molecular complexity index is 1050. The minimum Gasteiger partial charge on any atom is -0.381 e. The quantitative estimate of drug-likeness (QED) is 0.233. The van der Waals surface area contributed by atoms with Gasteiger partial charge in [0.05, 0.1) is 6.04 Å². The molecule has 41 heavy (non-hydrogen) atoms. The highest BCUT2D eigenvalue weighted by Gasteiger charge is 2.70. The summed E-state index contributed by atoms with van der Waals surface area (Å²) in [7, 11) is 0. The van der Waals surface area contributed by atoms with Crippen LogP contribution in [0, 0.1) is 28.6 Å². The zero-order valence-corrected chi connectivity index (χ0v) is 26.0. The Morgan fingerprint density at radius 1 is 1.10 bits per heavy atom. The molecular formula is C29H50N6O6. The number of carbonyl (C=O) groups is 5. The van der Waals surface area contributed by atoms with Crippen LogP contribution in [0.3, 0.4) is 0 Å². The molecule has 0 aromatic heterocycles. The van der Waals surface area contributed by atoms with E-state index in [1.807, 2.05) is 41.5 Å². The number of rotatable bonds is 9. The van der Waals surface area contributed by atoms with Crippen LogP contribution < -0.4 is 26.6 Å². The smallest absolute Gasteiger partial charge is 0.315 e. The summed E-state index contributed by atoms with van der Waals surface area (Å²) in [4.78, 5) is 67.2. The van der Waals surface area contributed by atoms with Gasteiger partial charge in [-0.05, 0) is 63.2 Å². The number of piperidine rings is 1. The SMILES string of the molecule is CCNC(=O)C(O)C(C[C@@H]1CCNC1=O)NC(=O)[C@@H]1[C@@H]2[C@H](CN1C(=O)C(NC(=O)NC(C)(C)C)C(C)(C)C)C2(C)C. The first-order chi connectivity index (χ1) is 18.8. The number of aliphatic hydroxyl groups is 1. The van der Waals surface area contributed by atoms with Crippen LogP contribution in [0.2, 0.25) is 0 Å². The lowest BCUT2D eigenvalue weighted by molar-refractivity contribution is -0.145. The molecule has 3 unspecified atom stereocenters. The van der Waals surface area contributed by atoms with Gasteiger partial charge in [0.2, 0.25) is 17.7 Å². The number of amides is 6. The number of aliphatic hydroxyl groups excluding tert-OH is 1. The molecule has 2 saturated heterocycles. The van der Waals surface area contributed by atoms with Gasteiger partial charge in [0.25, 0.3) is 5.91 Å². The topological polar surface area (TPSA) is 169 Å². The summed E-state index contributed by atoms with van der Waals surface area (Å²) < 4.78 is 0. The van der Waals surface area contributed by atoms with E-state index in [0.717, 1.165) is 0 Å². The molecule has 7 atom stereocenters. The molecule has 12 nitrogen and oxygen atoms in total. The van der Waals surface area contributed by atoms with Crippen LogP contribution in [0.1, 0.15) is 75.2 Å². The van der Waals surface area contributed by atoms with Crippen LogP contribution in [0.4, 0.5) is 4.79 Å². The molecule has 3 aliphatic rings. The number of carbonyl (C=O) groups excluding carboxylic acids is 5. The van der Waals surface area contributed by atoms with Crippen molar-refractivity contribution in [2.45, 2.75) is 105 Å². The first-order valence-electron chi connectivity index (χ1n) is 14.7. The number of urea groups is 1. The van der Waals surface area contributed by atoms with Crippen LogP contribution in [0.25, 0.3) is 0 Å². The predicted octanol–water partition coefficient (Wildman–Crippen LogP) is 0.490. The highest BCUT2D eigenvalue weighted by atomic mass is 16.3. The molecule has 1 aliphatic carbocycles. The minimum absolute atomic E-state index is 0.0905. The fraction of sp³-hybridized carbons (Fsp3) is 0.828. The zero-order valence-electron chi connectivity index (χ0n) is 26.0. The summed E-state index contributed by atoms with van der Waals surface area (Å²) in [5.41, 5.74) is -1.33. The van der Waals surface area contributed by atoms with Crippen molar-refractivity contribution in [2.75, 3.05) is 19.6 Å². The van der Waals surface area contributed by atoms with E-state index >= 15 is 0 Å². The van der Waals surface area contributed by atoms with E-state index in [-0.39, 0.29) is 35.5 Å². The van der Waals surface area contributed by atoms with E-state index in [9.17, 15) is 29.1 Å². The van der Waals surface area contributed by atoms with Gasteiger partial charge in [0.15, 0.2) is 6.10 Å². The van der Waals surface area contributed by atoms with Gasteiger partial charge in [-0.1, -0.05) is 34.6 Å². The van der Waals surface area contributed by atoms with Crippen LogP contribution in [0.15, 0.2) is 0 Å². The Hall–Kier alpha value is -2.89. The fourth-order valence-electron chi connectivity index (χ4n) is 6.31. The summed E-state index contributed by atoms with van der Waals surface area (Å²) >= 11 is 0. The van der Waals surface area contributed by atoms with E-state index in [0.29, 0.717) is 26.1 Å². The van der Waals surface area contributed by atoms with E-state index in [2.05, 4.69) is 40.4 Å². The number of hydrogen-bond acceptors (Lipinski definition) is 6. The third-order valence-corrected chi connectivity index (χ3v) is 8.67. The highest BCUT2D eigenvalue weighted by Crippen LogP contribution is 2.65. The number of likely N-dealkylation sites (N-methyl/N-ethyl adjacent to an activating group) is 1. The van der Waals surface area contributed by atoms with Crippen molar-refractivity contribution in [2.24, 2.45) is 28.6 Å². The van der Waals surface area contributed by atoms with Crippen molar-refractivity contribution < 1.29 is 29.1 Å². The number of hydrogen-bond donors (Lipinski definition) is 6. The Kier molecular flexibility index (Phi) is 9.37. The second kappa shape index (κ2) is 11.8. The van der Waals surface area contributed by atoms with Crippen LogP contribution in [-0.4, -0.2) is 89.1 Å². The van der Waals surface area contributed by atoms with Crippen molar-refractivity contribution in [3.8, 4) is 0 Å². The molecule has 2 aliphatic heterocycles. The molecule has 6 N–H and O–H groups in total. The zero-order chi connectivity index (χ0) is 31.1. The van der Waals surface area contributed by atoms with Crippen molar-refractivity contribution in [1.82, 2.24) is 31.5 Å². The van der Waals surface area contributed by atoms with E-state index in [1.54, 1.807) is 11.8 Å². The van der Waals surface area contributed by atoms with E-state index in [1.165, 1.54) is 0 Å². The first kappa shape index (κ1) is 32.6. The Balaban J connectivity index is 1.86. The van der Waals surface area contributed by atoms with Crippen molar-refractivity contribution >= 4 is 29.7 Å². The summed E-state index contributed by atoms with van der Waals surface area (Å²) in [6.45, 7) is 18.1.